The van der Waals surface area contributed by atoms with E-state index >= 15 is 4.79 Å². The minimum atomic E-state index is -1.11. The molecule has 0 saturated carbocycles. The summed E-state index contributed by atoms with van der Waals surface area (Å²) in [6.45, 7) is 12.7. The third-order valence-electron chi connectivity index (χ3n) is 11.5. The molecule has 59 heavy (non-hydrogen) atoms. The molecule has 1 aliphatic rings. The highest BCUT2D eigenvalue weighted by Crippen LogP contribution is 2.46. The lowest BCUT2D eigenvalue weighted by Crippen LogP contribution is -2.43. The van der Waals surface area contributed by atoms with E-state index in [9.17, 15) is 15.2 Å². The van der Waals surface area contributed by atoms with Gasteiger partial charge in [0.25, 0.3) is 5.91 Å². The van der Waals surface area contributed by atoms with E-state index < -0.39 is 5.97 Å². The number of aromatic nitrogens is 5. The summed E-state index contributed by atoms with van der Waals surface area (Å²) >= 11 is 13.6. The summed E-state index contributed by atoms with van der Waals surface area (Å²) < 4.78 is 11.9. The molecular formula is C46H43Cl2N7O4. The topological polar surface area (TPSA) is 131 Å². The van der Waals surface area contributed by atoms with Gasteiger partial charge in [0.05, 0.1) is 57.9 Å². The number of aromatic carboxylic acids is 1. The van der Waals surface area contributed by atoms with Gasteiger partial charge in [-0.25, -0.2) is 4.79 Å². The maximum Gasteiger partial charge on any atom is 0.352 e. The summed E-state index contributed by atoms with van der Waals surface area (Å²) in [4.78, 5) is 34.5. The van der Waals surface area contributed by atoms with Gasteiger partial charge in [0.2, 0.25) is 0 Å². The molecule has 5 heterocycles. The number of carboxylic acids is 1. The number of carboxylic acid groups (broad SMARTS) is 1. The zero-order valence-electron chi connectivity index (χ0n) is 33.9. The number of halogens is 2. The number of hydrogen-bond acceptors (Lipinski definition) is 6. The van der Waals surface area contributed by atoms with Gasteiger partial charge in [0.1, 0.15) is 17.1 Å². The fourth-order valence-corrected chi connectivity index (χ4v) is 9.17. The number of benzene rings is 3. The molecule has 0 radical (unpaired) electrons. The van der Waals surface area contributed by atoms with E-state index in [0.29, 0.717) is 64.6 Å². The number of carbonyl (C=O) groups excluding carboxylic acids is 1. The lowest BCUT2D eigenvalue weighted by molar-refractivity contribution is 0.0686. The van der Waals surface area contributed by atoms with Crippen LogP contribution < -0.4 is 9.64 Å². The van der Waals surface area contributed by atoms with Gasteiger partial charge in [-0.15, -0.1) is 0 Å². The quantitative estimate of drug-likeness (QED) is 0.136. The van der Waals surface area contributed by atoms with Crippen LogP contribution in [0.15, 0.2) is 60.8 Å². The van der Waals surface area contributed by atoms with Crippen LogP contribution in [0.25, 0.3) is 32.9 Å². The first-order valence-corrected chi connectivity index (χ1v) is 20.2. The second-order valence-electron chi connectivity index (χ2n) is 15.6. The number of aryl methyl sites for hydroxylation is 6. The van der Waals surface area contributed by atoms with Gasteiger partial charge in [0.15, 0.2) is 0 Å². The molecule has 1 atom stereocenters. The zero-order valence-corrected chi connectivity index (χ0v) is 35.5. The molecule has 7 aromatic rings. The van der Waals surface area contributed by atoms with Gasteiger partial charge in [-0.05, 0) is 125 Å². The van der Waals surface area contributed by atoms with E-state index in [1.807, 2.05) is 82.7 Å². The fraction of sp³-hybridized carbons (Fsp3) is 0.283. The second-order valence-corrected chi connectivity index (χ2v) is 16.3. The molecule has 0 spiro atoms. The van der Waals surface area contributed by atoms with E-state index in [0.717, 1.165) is 66.4 Å². The summed E-state index contributed by atoms with van der Waals surface area (Å²) in [7, 11) is 1.91. The van der Waals surface area contributed by atoms with Gasteiger partial charge in [-0.1, -0.05) is 29.3 Å². The average Bonchev–Trinajstić information content (AvgIpc) is 3.81. The first kappa shape index (κ1) is 39.7. The van der Waals surface area contributed by atoms with E-state index in [1.165, 1.54) is 0 Å². The Kier molecular flexibility index (Phi) is 10.3. The molecule has 1 amide bonds. The Morgan fingerprint density at radius 2 is 1.75 bits per heavy atom. The number of nitrogens with zero attached hydrogens (tertiary/aromatic N) is 7. The van der Waals surface area contributed by atoms with Crippen molar-refractivity contribution in [3.63, 3.8) is 0 Å². The molecule has 3 aromatic carbocycles. The Morgan fingerprint density at radius 1 is 1.00 bits per heavy atom. The van der Waals surface area contributed by atoms with Crippen molar-refractivity contribution < 1.29 is 19.4 Å². The predicted molar refractivity (Wildman–Crippen MR) is 231 cm³/mol. The lowest BCUT2D eigenvalue weighted by atomic mass is 9.98. The fourth-order valence-electron chi connectivity index (χ4n) is 8.82. The molecule has 1 aliphatic heterocycles. The number of anilines is 1. The highest BCUT2D eigenvalue weighted by molar-refractivity contribution is 6.35. The molecular weight excluding hydrogens is 785 g/mol. The Labute approximate surface area is 352 Å². The number of fused-ring (bicyclic) bond motifs is 4. The van der Waals surface area contributed by atoms with Gasteiger partial charge in [-0.2, -0.15) is 10.4 Å². The van der Waals surface area contributed by atoms with Crippen LogP contribution in [0.1, 0.15) is 85.3 Å². The summed E-state index contributed by atoms with van der Waals surface area (Å²) in [5, 5.41) is 27.7. The monoisotopic (exact) mass is 827 g/mol. The second kappa shape index (κ2) is 15.3. The Hall–Kier alpha value is -6.09. The summed E-state index contributed by atoms with van der Waals surface area (Å²) in [6, 6.07) is 18.5. The van der Waals surface area contributed by atoms with E-state index in [2.05, 4.69) is 22.5 Å². The minimum absolute atomic E-state index is 0.0517. The molecule has 11 nitrogen and oxygen atoms in total. The first-order valence-electron chi connectivity index (χ1n) is 19.5. The van der Waals surface area contributed by atoms with Crippen LogP contribution >= 0.6 is 23.2 Å². The minimum Gasteiger partial charge on any atom is -0.494 e. The number of ether oxygens (including phenoxy) is 1. The molecule has 0 bridgehead atoms. The molecule has 13 heteroatoms. The standard InChI is InChI=1S/C46H43Cl2N7O4/c1-24-15-31-20-38(46(57)58)53(23-32-19-30(21-49)12-13-50-32)42(31)37(16-24)54-22-27(4)55-43-35(10-11-36(47)40(43)39-28(5)51-52(7)29(39)6)34(44(55)45(54)56)9-8-14-59-33-17-25(2)41(48)26(3)18-33/h10-13,15-20,27H,8-9,14,22-23H2,1-7H3,(H,57,58). The Bertz CT molecular complexity index is 2910. The van der Waals surface area contributed by atoms with Crippen molar-refractivity contribution in [1.82, 2.24) is 23.9 Å². The SMILES string of the molecule is Cc1cc(N2CC(C)n3c(c(CCCOc4cc(C)c(Cl)c(C)c4)c4ccc(Cl)c(-c5c(C)nn(C)c5C)c43)C2=O)c2c(c1)cc(C(=O)O)n2Cc1cc(C#N)ccn1. The van der Waals surface area contributed by atoms with Crippen molar-refractivity contribution in [3.8, 4) is 22.9 Å². The number of hydrogen-bond donors (Lipinski definition) is 1. The van der Waals surface area contributed by atoms with Crippen molar-refractivity contribution in [2.24, 2.45) is 7.05 Å². The van der Waals surface area contributed by atoms with Gasteiger partial charge in [-0.3, -0.25) is 14.5 Å². The van der Waals surface area contributed by atoms with Crippen LogP contribution in [0.2, 0.25) is 10.0 Å². The zero-order chi connectivity index (χ0) is 42.0. The number of nitriles is 1. The lowest BCUT2D eigenvalue weighted by Gasteiger charge is -2.35. The molecule has 0 saturated heterocycles. The summed E-state index contributed by atoms with van der Waals surface area (Å²) in [5.74, 6) is -0.581. The first-order chi connectivity index (χ1) is 28.2. The van der Waals surface area contributed by atoms with E-state index in [4.69, 9.17) is 33.0 Å². The largest absolute Gasteiger partial charge is 0.494 e. The van der Waals surface area contributed by atoms with Gasteiger partial charge < -0.3 is 23.9 Å². The molecule has 0 fully saturated rings. The number of pyridine rings is 1. The van der Waals surface area contributed by atoms with Crippen LogP contribution in [0.5, 0.6) is 5.75 Å². The van der Waals surface area contributed by atoms with E-state index in [1.54, 1.807) is 33.9 Å². The van der Waals surface area contributed by atoms with Gasteiger partial charge >= 0.3 is 5.97 Å². The molecule has 1 N–H and O–H groups in total. The molecule has 4 aromatic heterocycles. The van der Waals surface area contributed by atoms with Crippen LogP contribution in [0.4, 0.5) is 5.69 Å². The third kappa shape index (κ3) is 6.80. The number of amides is 1. The molecule has 8 rings (SSSR count). The van der Waals surface area contributed by atoms with Crippen LogP contribution in [0.3, 0.4) is 0 Å². The number of rotatable bonds is 10. The Balaban J connectivity index is 1.30. The van der Waals surface area contributed by atoms with Crippen molar-refractivity contribution >= 4 is 62.6 Å². The third-order valence-corrected chi connectivity index (χ3v) is 12.4. The highest BCUT2D eigenvalue weighted by Gasteiger charge is 2.38. The normalized spacial score (nSPS) is 14.0. The maximum absolute atomic E-state index is 15.5. The molecule has 1 unspecified atom stereocenters. The van der Waals surface area contributed by atoms with Crippen LogP contribution in [-0.2, 0) is 20.0 Å². The van der Waals surface area contributed by atoms with Crippen LogP contribution in [0, 0.1) is 45.9 Å². The molecule has 300 valence electrons. The van der Waals surface area contributed by atoms with Crippen molar-refractivity contribution in [2.45, 2.75) is 67.0 Å². The maximum atomic E-state index is 15.5. The van der Waals surface area contributed by atoms with Crippen molar-refractivity contribution in [2.75, 3.05) is 18.1 Å². The summed E-state index contributed by atoms with van der Waals surface area (Å²) in [5.41, 5.74) is 10.8. The van der Waals surface area contributed by atoms with Crippen molar-refractivity contribution in [1.29, 1.82) is 5.26 Å². The highest BCUT2D eigenvalue weighted by atomic mass is 35.5. The van der Waals surface area contributed by atoms with E-state index in [-0.39, 0.29) is 24.2 Å². The van der Waals surface area contributed by atoms with Crippen molar-refractivity contribution in [3.05, 3.63) is 127 Å². The average molecular weight is 829 g/mol. The smallest absolute Gasteiger partial charge is 0.352 e. The van der Waals surface area contributed by atoms with Gasteiger partial charge in [0, 0.05) is 58.4 Å². The predicted octanol–water partition coefficient (Wildman–Crippen LogP) is 10.1. The Morgan fingerprint density at radius 3 is 2.42 bits per heavy atom. The summed E-state index contributed by atoms with van der Waals surface area (Å²) in [6.07, 6.45) is 2.69. The van der Waals surface area contributed by atoms with Crippen LogP contribution in [-0.4, -0.2) is 54.0 Å². The molecule has 0 aliphatic carbocycles. The number of carbonyl (C=O) groups is 2.